The van der Waals surface area contributed by atoms with Crippen molar-refractivity contribution < 1.29 is 9.90 Å². The second-order valence-electron chi connectivity index (χ2n) is 9.69. The molecule has 0 fully saturated rings. The Bertz CT molecular complexity index is 350. The molecule has 0 amide bonds. The lowest BCUT2D eigenvalue weighted by Gasteiger charge is -2.29. The third kappa shape index (κ3) is 19.8. The lowest BCUT2D eigenvalue weighted by atomic mass is 10.0. The van der Waals surface area contributed by atoms with Crippen LogP contribution in [0.3, 0.4) is 0 Å². The lowest BCUT2D eigenvalue weighted by Crippen LogP contribution is -2.42. The molecule has 3 heteroatoms. The van der Waals surface area contributed by atoms with Crippen molar-refractivity contribution in [3.8, 4) is 0 Å². The van der Waals surface area contributed by atoms with E-state index in [0.717, 1.165) is 45.2 Å². The van der Waals surface area contributed by atoms with Crippen LogP contribution in [0.2, 0.25) is 0 Å². The summed E-state index contributed by atoms with van der Waals surface area (Å²) in [4.78, 5) is 14.2. The van der Waals surface area contributed by atoms with Gasteiger partial charge in [0.05, 0.1) is 0 Å². The molecule has 0 rings (SSSR count). The van der Waals surface area contributed by atoms with E-state index in [1.807, 2.05) is 0 Å². The van der Waals surface area contributed by atoms with Crippen molar-refractivity contribution in [2.24, 2.45) is 0 Å². The van der Waals surface area contributed by atoms with Gasteiger partial charge in [-0.2, -0.15) is 0 Å². The van der Waals surface area contributed by atoms with Crippen LogP contribution >= 0.6 is 0 Å². The van der Waals surface area contributed by atoms with Gasteiger partial charge in [-0.1, -0.05) is 136 Å². The number of aliphatic carboxylic acids is 1. The molecule has 0 aliphatic heterocycles. The van der Waals surface area contributed by atoms with Crippen molar-refractivity contribution in [2.45, 2.75) is 162 Å². The van der Waals surface area contributed by atoms with E-state index >= 15 is 0 Å². The zero-order valence-corrected chi connectivity index (χ0v) is 21.6. The number of rotatable bonds is 25. The van der Waals surface area contributed by atoms with Gasteiger partial charge in [-0.15, -0.1) is 0 Å². The summed E-state index contributed by atoms with van der Waals surface area (Å²) in [5.74, 6) is -0.611. The Labute approximate surface area is 195 Å². The van der Waals surface area contributed by atoms with Crippen LogP contribution < -0.4 is 0 Å². The number of hydrogen-bond donors (Lipinski definition) is 1. The average molecular weight is 440 g/mol. The molecular formula is C28H57NO2. The first-order valence-corrected chi connectivity index (χ1v) is 14.1. The molecule has 0 aliphatic rings. The smallest absolute Gasteiger partial charge is 0.320 e. The summed E-state index contributed by atoms with van der Waals surface area (Å²) in [5, 5.41) is 9.82. The Morgan fingerprint density at radius 3 is 1.19 bits per heavy atom. The normalized spacial score (nSPS) is 12.5. The van der Waals surface area contributed by atoms with Crippen molar-refractivity contribution >= 4 is 5.97 Å². The first kappa shape index (κ1) is 30.4. The predicted molar refractivity (Wildman–Crippen MR) is 137 cm³/mol. The van der Waals surface area contributed by atoms with Crippen LogP contribution in [0.15, 0.2) is 0 Å². The summed E-state index contributed by atoms with van der Waals surface area (Å²) in [6.07, 6.45) is 26.7. The van der Waals surface area contributed by atoms with Gasteiger partial charge in [0.2, 0.25) is 0 Å². The monoisotopic (exact) mass is 439 g/mol. The summed E-state index contributed by atoms with van der Waals surface area (Å²) in [7, 11) is 0. The second-order valence-corrected chi connectivity index (χ2v) is 9.69. The Balaban J connectivity index is 4.15. The van der Waals surface area contributed by atoms with Crippen molar-refractivity contribution in [1.29, 1.82) is 0 Å². The van der Waals surface area contributed by atoms with E-state index < -0.39 is 5.97 Å². The summed E-state index contributed by atoms with van der Waals surface area (Å²) in [6.45, 7) is 8.63. The van der Waals surface area contributed by atoms with E-state index in [-0.39, 0.29) is 6.04 Å². The SMILES string of the molecule is CCCCCCCCCCCN(CCCCCCCCCCC)C(CCCC)C(=O)O. The van der Waals surface area contributed by atoms with Gasteiger partial charge >= 0.3 is 5.97 Å². The highest BCUT2D eigenvalue weighted by molar-refractivity contribution is 5.73. The maximum Gasteiger partial charge on any atom is 0.320 e. The molecule has 0 saturated carbocycles. The fraction of sp³-hybridized carbons (Fsp3) is 0.964. The topological polar surface area (TPSA) is 40.5 Å². The van der Waals surface area contributed by atoms with Crippen LogP contribution in [0, 0.1) is 0 Å². The van der Waals surface area contributed by atoms with E-state index in [1.165, 1.54) is 103 Å². The van der Waals surface area contributed by atoms with Crippen molar-refractivity contribution in [1.82, 2.24) is 4.90 Å². The van der Waals surface area contributed by atoms with Crippen molar-refractivity contribution in [3.05, 3.63) is 0 Å². The van der Waals surface area contributed by atoms with Gasteiger partial charge < -0.3 is 5.11 Å². The molecule has 0 bridgehead atoms. The highest BCUT2D eigenvalue weighted by Gasteiger charge is 2.24. The Hall–Kier alpha value is -0.570. The van der Waals surface area contributed by atoms with E-state index in [2.05, 4.69) is 25.7 Å². The lowest BCUT2D eigenvalue weighted by molar-refractivity contribution is -0.143. The summed E-state index contributed by atoms with van der Waals surface area (Å²) in [5.41, 5.74) is 0. The molecule has 0 saturated heterocycles. The van der Waals surface area contributed by atoms with E-state index in [1.54, 1.807) is 0 Å². The third-order valence-corrected chi connectivity index (χ3v) is 6.65. The Kier molecular flexibility index (Phi) is 23.6. The van der Waals surface area contributed by atoms with Gasteiger partial charge in [0.25, 0.3) is 0 Å². The zero-order chi connectivity index (χ0) is 23.0. The molecule has 1 atom stereocenters. The molecule has 0 aromatic carbocycles. The first-order valence-electron chi connectivity index (χ1n) is 14.1. The molecule has 0 spiro atoms. The van der Waals surface area contributed by atoms with E-state index in [4.69, 9.17) is 0 Å². The Morgan fingerprint density at radius 1 is 0.548 bits per heavy atom. The second kappa shape index (κ2) is 24.1. The maximum atomic E-state index is 11.9. The molecule has 0 aromatic heterocycles. The zero-order valence-electron chi connectivity index (χ0n) is 21.6. The minimum absolute atomic E-state index is 0.275. The average Bonchev–Trinajstić information content (AvgIpc) is 2.76. The van der Waals surface area contributed by atoms with Gasteiger partial charge in [-0.3, -0.25) is 9.69 Å². The third-order valence-electron chi connectivity index (χ3n) is 6.65. The fourth-order valence-corrected chi connectivity index (χ4v) is 4.53. The highest BCUT2D eigenvalue weighted by atomic mass is 16.4. The summed E-state index contributed by atoms with van der Waals surface area (Å²) < 4.78 is 0. The van der Waals surface area contributed by atoms with Gasteiger partial charge in [-0.05, 0) is 32.4 Å². The van der Waals surface area contributed by atoms with Crippen LogP contribution in [0.5, 0.6) is 0 Å². The largest absolute Gasteiger partial charge is 0.480 e. The minimum atomic E-state index is -0.611. The number of carboxylic acid groups (broad SMARTS) is 1. The molecule has 186 valence electrons. The first-order chi connectivity index (χ1) is 15.2. The minimum Gasteiger partial charge on any atom is -0.480 e. The molecular weight excluding hydrogens is 382 g/mol. The predicted octanol–water partition coefficient (Wildman–Crippen LogP) is 8.99. The standard InChI is InChI=1S/C28H57NO2/c1-4-7-10-12-14-16-18-20-22-25-29(27(28(30)31)24-9-6-3)26-23-21-19-17-15-13-11-8-5-2/h27H,4-26H2,1-3H3,(H,30,31). The van der Waals surface area contributed by atoms with E-state index in [9.17, 15) is 9.90 Å². The summed E-state index contributed by atoms with van der Waals surface area (Å²) >= 11 is 0. The molecule has 0 aromatic rings. The van der Waals surface area contributed by atoms with Crippen LogP contribution in [-0.2, 0) is 4.79 Å². The molecule has 3 nitrogen and oxygen atoms in total. The van der Waals surface area contributed by atoms with Crippen LogP contribution in [-0.4, -0.2) is 35.1 Å². The molecule has 31 heavy (non-hydrogen) atoms. The molecule has 0 radical (unpaired) electrons. The highest BCUT2D eigenvalue weighted by Crippen LogP contribution is 2.16. The summed E-state index contributed by atoms with van der Waals surface area (Å²) in [6, 6.07) is -0.275. The van der Waals surface area contributed by atoms with Crippen molar-refractivity contribution in [3.63, 3.8) is 0 Å². The van der Waals surface area contributed by atoms with Gasteiger partial charge in [-0.25, -0.2) is 0 Å². The van der Waals surface area contributed by atoms with E-state index in [0.29, 0.717) is 0 Å². The number of hydrogen-bond acceptors (Lipinski definition) is 2. The molecule has 0 heterocycles. The molecule has 1 unspecified atom stereocenters. The number of unbranched alkanes of at least 4 members (excludes halogenated alkanes) is 17. The number of carboxylic acids is 1. The van der Waals surface area contributed by atoms with Gasteiger partial charge in [0.15, 0.2) is 0 Å². The molecule has 1 N–H and O–H groups in total. The Morgan fingerprint density at radius 2 is 0.871 bits per heavy atom. The number of nitrogens with zero attached hydrogens (tertiary/aromatic N) is 1. The van der Waals surface area contributed by atoms with Crippen molar-refractivity contribution in [2.75, 3.05) is 13.1 Å². The van der Waals surface area contributed by atoms with Crippen LogP contribution in [0.1, 0.15) is 156 Å². The van der Waals surface area contributed by atoms with Crippen LogP contribution in [0.25, 0.3) is 0 Å². The van der Waals surface area contributed by atoms with Gasteiger partial charge in [0.1, 0.15) is 6.04 Å². The van der Waals surface area contributed by atoms with Crippen LogP contribution in [0.4, 0.5) is 0 Å². The quantitative estimate of drug-likeness (QED) is 0.144. The number of carbonyl (C=O) groups is 1. The fourth-order valence-electron chi connectivity index (χ4n) is 4.53. The van der Waals surface area contributed by atoms with Gasteiger partial charge in [0, 0.05) is 0 Å². The maximum absolute atomic E-state index is 11.9. The molecule has 0 aliphatic carbocycles.